The van der Waals surface area contributed by atoms with Crippen LogP contribution in [0.5, 0.6) is 0 Å². The van der Waals surface area contributed by atoms with Gasteiger partial charge in [0, 0.05) is 4.88 Å². The molecule has 0 aromatic carbocycles. The summed E-state index contributed by atoms with van der Waals surface area (Å²) in [6, 6.07) is 1.91. The maximum Gasteiger partial charge on any atom is 0.352 e. The highest BCUT2D eigenvalue weighted by atomic mass is 79.9. The van der Waals surface area contributed by atoms with Crippen molar-refractivity contribution in [3.63, 3.8) is 0 Å². The first-order valence-corrected chi connectivity index (χ1v) is 8.57. The Morgan fingerprint density at radius 1 is 1.47 bits per heavy atom. The molecule has 1 aromatic rings. The molecule has 17 heavy (non-hydrogen) atoms. The van der Waals surface area contributed by atoms with Crippen molar-refractivity contribution in [2.75, 3.05) is 13.2 Å². The third-order valence-corrected chi connectivity index (χ3v) is 6.72. The molecule has 1 atom stereocenters. The summed E-state index contributed by atoms with van der Waals surface area (Å²) >= 11 is 4.88. The maximum atomic E-state index is 12.5. The summed E-state index contributed by atoms with van der Waals surface area (Å²) in [6.07, 6.45) is 0. The standard InChI is InChI=1S/C10H17BrNO3PS/c1-4-14-16(13,15-5-2)10(12)8-6-7(3)9(11)17-8/h6,10H,4-5,12H2,1-3H3/t10-/m1/s1. The Hall–Kier alpha value is 0.290. The summed E-state index contributed by atoms with van der Waals surface area (Å²) in [6.45, 7) is 6.14. The van der Waals surface area contributed by atoms with E-state index in [4.69, 9.17) is 14.8 Å². The summed E-state index contributed by atoms with van der Waals surface area (Å²) < 4.78 is 23.9. The highest BCUT2D eigenvalue weighted by molar-refractivity contribution is 9.11. The van der Waals surface area contributed by atoms with Gasteiger partial charge in [-0.1, -0.05) is 0 Å². The molecule has 0 bridgehead atoms. The minimum absolute atomic E-state index is 0.316. The molecule has 98 valence electrons. The third-order valence-electron chi connectivity index (χ3n) is 2.13. The number of aryl methyl sites for hydroxylation is 1. The molecule has 7 heteroatoms. The topological polar surface area (TPSA) is 61.5 Å². The zero-order valence-corrected chi connectivity index (χ0v) is 13.4. The molecule has 1 rings (SSSR count). The lowest BCUT2D eigenvalue weighted by Gasteiger charge is -2.22. The molecular weight excluding hydrogens is 325 g/mol. The van der Waals surface area contributed by atoms with Gasteiger partial charge in [-0.3, -0.25) is 4.57 Å². The van der Waals surface area contributed by atoms with Crippen molar-refractivity contribution in [2.24, 2.45) is 5.73 Å². The van der Waals surface area contributed by atoms with Gasteiger partial charge in [0.05, 0.1) is 17.0 Å². The monoisotopic (exact) mass is 341 g/mol. The first kappa shape index (κ1) is 15.3. The van der Waals surface area contributed by atoms with E-state index in [0.717, 1.165) is 14.2 Å². The summed E-state index contributed by atoms with van der Waals surface area (Å²) in [7, 11) is -3.27. The Labute approximate surface area is 114 Å². The molecule has 1 heterocycles. The lowest BCUT2D eigenvalue weighted by molar-refractivity contribution is 0.212. The summed E-state index contributed by atoms with van der Waals surface area (Å²) in [5.41, 5.74) is 7.07. The van der Waals surface area contributed by atoms with Crippen molar-refractivity contribution in [1.29, 1.82) is 0 Å². The lowest BCUT2D eigenvalue weighted by atomic mass is 10.3. The highest BCUT2D eigenvalue weighted by Crippen LogP contribution is 2.59. The molecule has 0 fully saturated rings. The van der Waals surface area contributed by atoms with Crippen LogP contribution >= 0.6 is 34.9 Å². The Morgan fingerprint density at radius 3 is 2.35 bits per heavy atom. The molecule has 0 amide bonds. The van der Waals surface area contributed by atoms with E-state index in [1.807, 2.05) is 13.0 Å². The average molecular weight is 342 g/mol. The van der Waals surface area contributed by atoms with Gasteiger partial charge in [-0.05, 0) is 48.3 Å². The molecular formula is C10H17BrNO3PS. The van der Waals surface area contributed by atoms with E-state index in [2.05, 4.69) is 15.9 Å². The number of hydrogen-bond acceptors (Lipinski definition) is 5. The zero-order chi connectivity index (χ0) is 13.1. The predicted octanol–water partition coefficient (Wildman–Crippen LogP) is 4.04. The van der Waals surface area contributed by atoms with Gasteiger partial charge in [0.1, 0.15) is 5.78 Å². The van der Waals surface area contributed by atoms with E-state index in [1.165, 1.54) is 11.3 Å². The van der Waals surface area contributed by atoms with Crippen LogP contribution < -0.4 is 5.73 Å². The van der Waals surface area contributed by atoms with Gasteiger partial charge in [0.15, 0.2) is 0 Å². The molecule has 0 aliphatic carbocycles. The molecule has 4 nitrogen and oxygen atoms in total. The molecule has 0 unspecified atom stereocenters. The van der Waals surface area contributed by atoms with Crippen LogP contribution in [0.4, 0.5) is 0 Å². The lowest BCUT2D eigenvalue weighted by Crippen LogP contribution is -2.13. The van der Waals surface area contributed by atoms with Crippen LogP contribution in [0.15, 0.2) is 9.85 Å². The first-order valence-electron chi connectivity index (χ1n) is 5.34. The molecule has 0 spiro atoms. The SMILES string of the molecule is CCOP(=O)(OCC)[C@@H](N)c1cc(C)c(Br)s1. The van der Waals surface area contributed by atoms with Gasteiger partial charge >= 0.3 is 7.60 Å². The van der Waals surface area contributed by atoms with E-state index in [0.29, 0.717) is 13.2 Å². The summed E-state index contributed by atoms with van der Waals surface area (Å²) in [5.74, 6) is -0.725. The first-order chi connectivity index (χ1) is 7.94. The van der Waals surface area contributed by atoms with Gasteiger partial charge in [-0.2, -0.15) is 0 Å². The van der Waals surface area contributed by atoms with E-state index in [1.54, 1.807) is 13.8 Å². The van der Waals surface area contributed by atoms with Crippen LogP contribution in [-0.2, 0) is 13.6 Å². The number of thiophene rings is 1. The van der Waals surface area contributed by atoms with Gasteiger partial charge in [0.2, 0.25) is 0 Å². The smallest absolute Gasteiger partial charge is 0.313 e. The molecule has 0 aliphatic rings. The van der Waals surface area contributed by atoms with Crippen molar-refractivity contribution in [3.05, 3.63) is 20.3 Å². The molecule has 0 saturated carbocycles. The van der Waals surface area contributed by atoms with Crippen molar-refractivity contribution < 1.29 is 13.6 Å². The van der Waals surface area contributed by atoms with Crippen LogP contribution in [0.3, 0.4) is 0 Å². The van der Waals surface area contributed by atoms with Gasteiger partial charge < -0.3 is 14.8 Å². The van der Waals surface area contributed by atoms with E-state index < -0.39 is 13.4 Å². The molecule has 1 aromatic heterocycles. The second kappa shape index (κ2) is 6.45. The Bertz CT molecular complexity index is 394. The van der Waals surface area contributed by atoms with Gasteiger partial charge in [0.25, 0.3) is 0 Å². The quantitative estimate of drug-likeness (QED) is 0.793. The molecule has 0 saturated heterocycles. The van der Waals surface area contributed by atoms with Crippen molar-refractivity contribution in [2.45, 2.75) is 26.6 Å². The largest absolute Gasteiger partial charge is 0.352 e. The fourth-order valence-corrected chi connectivity index (χ4v) is 4.85. The minimum atomic E-state index is -3.27. The molecule has 0 aliphatic heterocycles. The third kappa shape index (κ3) is 3.63. The van der Waals surface area contributed by atoms with E-state index >= 15 is 0 Å². The fourth-order valence-electron chi connectivity index (χ4n) is 1.34. The van der Waals surface area contributed by atoms with Crippen molar-refractivity contribution >= 4 is 34.9 Å². The normalized spacial score (nSPS) is 13.9. The second-order valence-corrected chi connectivity index (χ2v) is 7.98. The second-order valence-electron chi connectivity index (χ2n) is 3.43. The Balaban J connectivity index is 2.99. The van der Waals surface area contributed by atoms with Crippen molar-refractivity contribution in [1.82, 2.24) is 0 Å². The van der Waals surface area contributed by atoms with E-state index in [9.17, 15) is 4.57 Å². The van der Waals surface area contributed by atoms with Crippen LogP contribution in [-0.4, -0.2) is 13.2 Å². The van der Waals surface area contributed by atoms with Crippen LogP contribution in [0.1, 0.15) is 30.1 Å². The minimum Gasteiger partial charge on any atom is -0.313 e. The van der Waals surface area contributed by atoms with E-state index in [-0.39, 0.29) is 0 Å². The zero-order valence-electron chi connectivity index (χ0n) is 10.1. The van der Waals surface area contributed by atoms with Crippen LogP contribution in [0.25, 0.3) is 0 Å². The van der Waals surface area contributed by atoms with Gasteiger partial charge in [-0.15, -0.1) is 11.3 Å². The number of halogens is 1. The summed E-state index contributed by atoms with van der Waals surface area (Å²) in [4.78, 5) is 0.805. The number of nitrogens with two attached hydrogens (primary N) is 1. The number of rotatable bonds is 6. The molecule has 0 radical (unpaired) electrons. The van der Waals surface area contributed by atoms with Gasteiger partial charge in [-0.25, -0.2) is 0 Å². The predicted molar refractivity (Wildman–Crippen MR) is 74.5 cm³/mol. The van der Waals surface area contributed by atoms with Crippen LogP contribution in [0.2, 0.25) is 0 Å². The fraction of sp³-hybridized carbons (Fsp3) is 0.600. The van der Waals surface area contributed by atoms with Crippen LogP contribution in [0, 0.1) is 6.92 Å². The average Bonchev–Trinajstić information content (AvgIpc) is 2.59. The number of hydrogen-bond donors (Lipinski definition) is 1. The maximum absolute atomic E-state index is 12.5. The van der Waals surface area contributed by atoms with Crippen molar-refractivity contribution in [3.8, 4) is 0 Å². The Morgan fingerprint density at radius 2 is 2.00 bits per heavy atom. The summed E-state index contributed by atoms with van der Waals surface area (Å²) in [5, 5.41) is 0. The Kier molecular flexibility index (Phi) is 5.83. The highest BCUT2D eigenvalue weighted by Gasteiger charge is 2.35. The molecule has 2 N–H and O–H groups in total.